The van der Waals surface area contributed by atoms with Crippen LogP contribution in [0.4, 0.5) is 5.69 Å². The lowest BCUT2D eigenvalue weighted by Gasteiger charge is -2.09. The van der Waals surface area contributed by atoms with Gasteiger partial charge in [0.1, 0.15) is 0 Å². The number of aromatic nitrogens is 1. The first kappa shape index (κ1) is 14.6. The average molecular weight is 287 g/mol. The number of carbonyl (C=O) groups is 2. The predicted molar refractivity (Wildman–Crippen MR) is 79.0 cm³/mol. The van der Waals surface area contributed by atoms with E-state index in [1.165, 1.54) is 0 Å². The summed E-state index contributed by atoms with van der Waals surface area (Å²) in [5.74, 6) is -1.32. The van der Waals surface area contributed by atoms with Gasteiger partial charge in [0.15, 0.2) is 0 Å². The molecule has 0 saturated heterocycles. The second-order valence-electron chi connectivity index (χ2n) is 4.77. The van der Waals surface area contributed by atoms with E-state index in [9.17, 15) is 14.7 Å². The molecule has 21 heavy (non-hydrogen) atoms. The maximum Gasteiger partial charge on any atom is 0.337 e. The first-order valence-electron chi connectivity index (χ1n) is 6.47. The van der Waals surface area contributed by atoms with E-state index in [2.05, 4.69) is 10.9 Å². The van der Waals surface area contributed by atoms with Crippen LogP contribution in [0.1, 0.15) is 21.6 Å². The van der Waals surface area contributed by atoms with Crippen LogP contribution in [0.15, 0.2) is 36.5 Å². The fraction of sp³-hybridized carbons (Fsp3) is 0.200. The number of hydrogen-bond acceptors (Lipinski definition) is 3. The molecular weight excluding hydrogens is 270 g/mol. The fourth-order valence-corrected chi connectivity index (χ4v) is 2.20. The number of para-hydroxylation sites is 1. The van der Waals surface area contributed by atoms with Crippen molar-refractivity contribution >= 4 is 17.6 Å². The number of aryl methyl sites for hydroxylation is 2. The lowest BCUT2D eigenvalue weighted by Crippen LogP contribution is -2.31. The third-order valence-electron chi connectivity index (χ3n) is 3.16. The quantitative estimate of drug-likeness (QED) is 0.731. The number of amides is 1. The summed E-state index contributed by atoms with van der Waals surface area (Å²) in [4.78, 5) is 23.2. The second-order valence-corrected chi connectivity index (χ2v) is 4.77. The van der Waals surface area contributed by atoms with E-state index in [1.54, 1.807) is 24.7 Å². The zero-order chi connectivity index (χ0) is 15.4. The number of anilines is 1. The fourth-order valence-electron chi connectivity index (χ4n) is 2.20. The smallest absolute Gasteiger partial charge is 0.337 e. The van der Waals surface area contributed by atoms with Crippen molar-refractivity contribution in [3.63, 3.8) is 0 Å². The van der Waals surface area contributed by atoms with Crippen LogP contribution in [0, 0.1) is 6.92 Å². The second kappa shape index (κ2) is 6.13. The van der Waals surface area contributed by atoms with Crippen molar-refractivity contribution in [1.82, 2.24) is 9.99 Å². The minimum atomic E-state index is -1.02. The van der Waals surface area contributed by atoms with Crippen LogP contribution < -0.4 is 10.9 Å². The van der Waals surface area contributed by atoms with E-state index in [4.69, 9.17) is 0 Å². The van der Waals surface area contributed by atoms with Crippen molar-refractivity contribution in [3.05, 3.63) is 53.3 Å². The Morgan fingerprint density at radius 1 is 1.24 bits per heavy atom. The molecule has 0 aliphatic heterocycles. The van der Waals surface area contributed by atoms with Crippen LogP contribution in [0.2, 0.25) is 0 Å². The molecule has 0 saturated carbocycles. The van der Waals surface area contributed by atoms with Gasteiger partial charge in [0.2, 0.25) is 5.91 Å². The summed E-state index contributed by atoms with van der Waals surface area (Å²) in [6.07, 6.45) is 1.70. The van der Waals surface area contributed by atoms with Gasteiger partial charge in [-0.2, -0.15) is 0 Å². The topological polar surface area (TPSA) is 83.4 Å². The Balaban J connectivity index is 2.05. The Labute approximate surface area is 122 Å². The third kappa shape index (κ3) is 3.42. The third-order valence-corrected chi connectivity index (χ3v) is 3.16. The van der Waals surface area contributed by atoms with E-state index in [0.717, 1.165) is 5.69 Å². The number of nitrogens with zero attached hydrogens (tertiary/aromatic N) is 1. The highest BCUT2D eigenvalue weighted by atomic mass is 16.4. The van der Waals surface area contributed by atoms with Gasteiger partial charge in [-0.15, -0.1) is 0 Å². The van der Waals surface area contributed by atoms with E-state index in [1.807, 2.05) is 30.3 Å². The summed E-state index contributed by atoms with van der Waals surface area (Å²) in [7, 11) is 1.73. The molecule has 0 bridgehead atoms. The maximum absolute atomic E-state index is 11.9. The van der Waals surface area contributed by atoms with Crippen molar-refractivity contribution in [2.24, 2.45) is 7.05 Å². The Bertz CT molecular complexity index is 662. The normalized spacial score (nSPS) is 10.2. The predicted octanol–water partition coefficient (Wildman–Crippen LogP) is 1.72. The van der Waals surface area contributed by atoms with E-state index < -0.39 is 5.97 Å². The van der Waals surface area contributed by atoms with Crippen molar-refractivity contribution in [3.8, 4) is 0 Å². The molecular formula is C15H17N3O3. The standard InChI is InChI=1S/C15H17N3O3/c1-10-9-18(2)12(14(10)15(20)21)8-13(19)17-16-11-6-4-3-5-7-11/h3-7,9,16H,8H2,1-2H3,(H,17,19)(H,20,21). The van der Waals surface area contributed by atoms with Crippen molar-refractivity contribution in [2.45, 2.75) is 13.3 Å². The summed E-state index contributed by atoms with van der Waals surface area (Å²) < 4.78 is 1.67. The van der Waals surface area contributed by atoms with Gasteiger partial charge >= 0.3 is 5.97 Å². The van der Waals surface area contributed by atoms with Crippen LogP contribution in [0.3, 0.4) is 0 Å². The van der Waals surface area contributed by atoms with Gasteiger partial charge in [-0.25, -0.2) is 4.79 Å². The molecule has 1 aromatic heterocycles. The molecule has 1 aromatic carbocycles. The number of aromatic carboxylic acids is 1. The maximum atomic E-state index is 11.9. The minimum absolute atomic E-state index is 0.00813. The van der Waals surface area contributed by atoms with Gasteiger partial charge in [0.05, 0.1) is 17.7 Å². The van der Waals surface area contributed by atoms with Crippen LogP contribution in [0.25, 0.3) is 0 Å². The number of benzene rings is 1. The number of hydrazine groups is 1. The lowest BCUT2D eigenvalue weighted by molar-refractivity contribution is -0.120. The van der Waals surface area contributed by atoms with Crippen LogP contribution in [-0.2, 0) is 18.3 Å². The van der Waals surface area contributed by atoms with Crippen molar-refractivity contribution < 1.29 is 14.7 Å². The molecule has 3 N–H and O–H groups in total. The van der Waals surface area contributed by atoms with Gasteiger partial charge in [-0.1, -0.05) is 18.2 Å². The monoisotopic (exact) mass is 287 g/mol. The van der Waals surface area contributed by atoms with Gasteiger partial charge in [0.25, 0.3) is 0 Å². The van der Waals surface area contributed by atoms with E-state index in [-0.39, 0.29) is 17.9 Å². The lowest BCUT2D eigenvalue weighted by atomic mass is 10.1. The number of carboxylic acids is 1. The molecule has 0 unspecified atom stereocenters. The molecule has 110 valence electrons. The highest BCUT2D eigenvalue weighted by Crippen LogP contribution is 2.16. The number of carboxylic acid groups (broad SMARTS) is 1. The average Bonchev–Trinajstić information content (AvgIpc) is 2.72. The van der Waals surface area contributed by atoms with Crippen molar-refractivity contribution in [1.29, 1.82) is 0 Å². The molecule has 0 fully saturated rings. The SMILES string of the molecule is Cc1cn(C)c(CC(=O)NNc2ccccc2)c1C(=O)O. The zero-order valence-corrected chi connectivity index (χ0v) is 11.9. The van der Waals surface area contributed by atoms with Crippen LogP contribution in [-0.4, -0.2) is 21.6 Å². The molecule has 2 rings (SSSR count). The number of rotatable bonds is 5. The van der Waals surface area contributed by atoms with Gasteiger partial charge in [-0.3, -0.25) is 15.6 Å². The highest BCUT2D eigenvalue weighted by molar-refractivity contribution is 5.93. The van der Waals surface area contributed by atoms with Gasteiger partial charge in [-0.05, 0) is 24.6 Å². The molecule has 1 heterocycles. The molecule has 0 radical (unpaired) electrons. The van der Waals surface area contributed by atoms with Crippen molar-refractivity contribution in [2.75, 3.05) is 5.43 Å². The summed E-state index contributed by atoms with van der Waals surface area (Å²) in [6, 6.07) is 9.19. The molecule has 6 nitrogen and oxygen atoms in total. The van der Waals surface area contributed by atoms with Gasteiger partial charge < -0.3 is 9.67 Å². The number of nitrogens with one attached hydrogen (secondary N) is 2. The molecule has 0 atom stereocenters. The Morgan fingerprint density at radius 2 is 1.90 bits per heavy atom. The zero-order valence-electron chi connectivity index (χ0n) is 11.9. The van der Waals surface area contributed by atoms with Crippen LogP contribution >= 0.6 is 0 Å². The van der Waals surface area contributed by atoms with E-state index >= 15 is 0 Å². The first-order valence-corrected chi connectivity index (χ1v) is 6.47. The Morgan fingerprint density at radius 3 is 2.52 bits per heavy atom. The number of carbonyl (C=O) groups excluding carboxylic acids is 1. The molecule has 0 spiro atoms. The number of hydrogen-bond donors (Lipinski definition) is 3. The summed E-state index contributed by atoms with van der Waals surface area (Å²) >= 11 is 0. The highest BCUT2D eigenvalue weighted by Gasteiger charge is 2.19. The van der Waals surface area contributed by atoms with E-state index in [0.29, 0.717) is 11.3 Å². The molecule has 0 aliphatic rings. The summed E-state index contributed by atoms with van der Waals surface area (Å²) in [5, 5.41) is 9.22. The summed E-state index contributed by atoms with van der Waals surface area (Å²) in [5.41, 5.74) is 7.40. The molecule has 0 aliphatic carbocycles. The largest absolute Gasteiger partial charge is 0.478 e. The minimum Gasteiger partial charge on any atom is -0.478 e. The van der Waals surface area contributed by atoms with Gasteiger partial charge in [0, 0.05) is 18.9 Å². The Kier molecular flexibility index (Phi) is 4.27. The molecule has 6 heteroatoms. The Hall–Kier alpha value is -2.76. The first-order chi connectivity index (χ1) is 9.99. The van der Waals surface area contributed by atoms with Crippen LogP contribution in [0.5, 0.6) is 0 Å². The molecule has 1 amide bonds. The summed E-state index contributed by atoms with van der Waals surface area (Å²) in [6.45, 7) is 1.72. The molecule has 2 aromatic rings.